The van der Waals surface area contributed by atoms with E-state index in [1.165, 1.54) is 0 Å². The van der Waals surface area contributed by atoms with Crippen LogP contribution in [0.15, 0.2) is 42.5 Å². The first kappa shape index (κ1) is 17.2. The highest BCUT2D eigenvalue weighted by Gasteiger charge is 2.11. The zero-order chi connectivity index (χ0) is 17.8. The number of halogens is 1. The Bertz CT molecular complexity index is 882. The molecular formula is C19H19ClN2O3. The van der Waals surface area contributed by atoms with Crippen LogP contribution in [0.1, 0.15) is 5.56 Å². The van der Waals surface area contributed by atoms with Crippen molar-refractivity contribution in [3.63, 3.8) is 0 Å². The number of pyridine rings is 1. The van der Waals surface area contributed by atoms with Gasteiger partial charge in [-0.05, 0) is 29.8 Å². The predicted molar refractivity (Wildman–Crippen MR) is 100 cm³/mol. The summed E-state index contributed by atoms with van der Waals surface area (Å²) in [5, 5.41) is 4.70. The van der Waals surface area contributed by atoms with Gasteiger partial charge in [-0.2, -0.15) is 0 Å². The molecule has 0 aliphatic carbocycles. The number of nitrogens with zero attached hydrogens (tertiary/aromatic N) is 1. The van der Waals surface area contributed by atoms with Crippen molar-refractivity contribution >= 4 is 28.3 Å². The summed E-state index contributed by atoms with van der Waals surface area (Å²) in [7, 11) is 4.84. The molecule has 0 aliphatic rings. The minimum atomic E-state index is 0.600. The summed E-state index contributed by atoms with van der Waals surface area (Å²) >= 11 is 6.42. The van der Waals surface area contributed by atoms with Gasteiger partial charge in [-0.3, -0.25) is 0 Å². The smallest absolute Gasteiger partial charge is 0.162 e. The molecule has 0 aliphatic heterocycles. The van der Waals surface area contributed by atoms with Crippen LogP contribution in [0, 0.1) is 0 Å². The van der Waals surface area contributed by atoms with Crippen molar-refractivity contribution in [3.05, 3.63) is 53.1 Å². The number of nitrogens with one attached hydrogen (secondary N) is 1. The van der Waals surface area contributed by atoms with Crippen LogP contribution >= 0.6 is 11.6 Å². The third kappa shape index (κ3) is 3.72. The van der Waals surface area contributed by atoms with E-state index >= 15 is 0 Å². The Morgan fingerprint density at radius 3 is 2.24 bits per heavy atom. The predicted octanol–water partition coefficient (Wildman–Crippen LogP) is 4.53. The molecule has 130 valence electrons. The van der Waals surface area contributed by atoms with Gasteiger partial charge in [0.15, 0.2) is 11.5 Å². The topological polar surface area (TPSA) is 52.6 Å². The first-order valence-corrected chi connectivity index (χ1v) is 8.11. The first-order valence-electron chi connectivity index (χ1n) is 7.73. The molecule has 1 aromatic heterocycles. The zero-order valence-corrected chi connectivity index (χ0v) is 15.1. The molecule has 0 saturated heterocycles. The molecule has 1 heterocycles. The van der Waals surface area contributed by atoms with Crippen molar-refractivity contribution < 1.29 is 14.2 Å². The maximum Gasteiger partial charge on any atom is 0.162 e. The maximum absolute atomic E-state index is 6.42. The summed E-state index contributed by atoms with van der Waals surface area (Å²) in [6.07, 6.45) is 0. The zero-order valence-electron chi connectivity index (χ0n) is 14.3. The quantitative estimate of drug-likeness (QED) is 0.701. The van der Waals surface area contributed by atoms with Gasteiger partial charge in [-0.25, -0.2) is 4.98 Å². The normalized spacial score (nSPS) is 10.6. The molecule has 0 fully saturated rings. The molecule has 5 nitrogen and oxygen atoms in total. The second kappa shape index (κ2) is 7.49. The van der Waals surface area contributed by atoms with E-state index in [0.29, 0.717) is 28.9 Å². The number of hydrogen-bond donors (Lipinski definition) is 1. The molecule has 0 radical (unpaired) electrons. The minimum Gasteiger partial charge on any atom is -0.497 e. The third-order valence-electron chi connectivity index (χ3n) is 3.90. The standard InChI is InChI=1S/C19H19ClN2O3/c1-23-13-6-4-12(5-7-13)11-21-19-9-15(20)14-8-17(24-2)18(25-3)10-16(14)22-19/h4-10H,11H2,1-3H3,(H,21,22). The van der Waals surface area contributed by atoms with Crippen LogP contribution in [0.25, 0.3) is 10.9 Å². The largest absolute Gasteiger partial charge is 0.497 e. The number of hydrogen-bond acceptors (Lipinski definition) is 5. The highest BCUT2D eigenvalue weighted by Crippen LogP contribution is 2.35. The third-order valence-corrected chi connectivity index (χ3v) is 4.21. The lowest BCUT2D eigenvalue weighted by atomic mass is 10.2. The lowest BCUT2D eigenvalue weighted by Crippen LogP contribution is -2.02. The molecule has 0 unspecified atom stereocenters. The van der Waals surface area contributed by atoms with Crippen LogP contribution in [0.3, 0.4) is 0 Å². The second-order valence-electron chi connectivity index (χ2n) is 5.42. The van der Waals surface area contributed by atoms with E-state index in [4.69, 9.17) is 25.8 Å². The molecule has 6 heteroatoms. The summed E-state index contributed by atoms with van der Waals surface area (Å²) in [5.74, 6) is 2.76. The fourth-order valence-electron chi connectivity index (χ4n) is 2.54. The molecule has 3 rings (SSSR count). The molecule has 0 amide bonds. The fourth-order valence-corrected chi connectivity index (χ4v) is 2.79. The highest BCUT2D eigenvalue weighted by atomic mass is 35.5. The average Bonchev–Trinajstić information content (AvgIpc) is 2.65. The number of aromatic nitrogens is 1. The summed E-state index contributed by atoms with van der Waals surface area (Å²) in [5.41, 5.74) is 1.86. The summed E-state index contributed by atoms with van der Waals surface area (Å²) in [6.45, 7) is 0.631. The van der Waals surface area contributed by atoms with Crippen molar-refractivity contribution in [1.29, 1.82) is 0 Å². The fraction of sp³-hybridized carbons (Fsp3) is 0.211. The maximum atomic E-state index is 6.42. The van der Waals surface area contributed by atoms with Gasteiger partial charge in [0, 0.05) is 18.0 Å². The molecule has 2 aromatic carbocycles. The molecule has 25 heavy (non-hydrogen) atoms. The van der Waals surface area contributed by atoms with Gasteiger partial charge >= 0.3 is 0 Å². The van der Waals surface area contributed by atoms with Gasteiger partial charge in [0.2, 0.25) is 0 Å². The number of rotatable bonds is 6. The van der Waals surface area contributed by atoms with Crippen molar-refractivity contribution in [1.82, 2.24) is 4.98 Å². The number of ether oxygens (including phenoxy) is 3. The van der Waals surface area contributed by atoms with Gasteiger partial charge in [-0.1, -0.05) is 23.7 Å². The number of anilines is 1. The van der Waals surface area contributed by atoms with Gasteiger partial charge < -0.3 is 19.5 Å². The molecule has 1 N–H and O–H groups in total. The van der Waals surface area contributed by atoms with Crippen LogP contribution < -0.4 is 19.5 Å². The van der Waals surface area contributed by atoms with Crippen molar-refractivity contribution in [2.45, 2.75) is 6.54 Å². The number of fused-ring (bicyclic) bond motifs is 1. The van der Waals surface area contributed by atoms with E-state index < -0.39 is 0 Å². The lowest BCUT2D eigenvalue weighted by molar-refractivity contribution is 0.356. The van der Waals surface area contributed by atoms with Gasteiger partial charge in [-0.15, -0.1) is 0 Å². The van der Waals surface area contributed by atoms with E-state index in [0.717, 1.165) is 22.2 Å². The van der Waals surface area contributed by atoms with Gasteiger partial charge in [0.25, 0.3) is 0 Å². The Morgan fingerprint density at radius 1 is 0.920 bits per heavy atom. The Hall–Kier alpha value is -2.66. The average molecular weight is 359 g/mol. The van der Waals surface area contributed by atoms with Crippen LogP contribution in [0.2, 0.25) is 5.02 Å². The van der Waals surface area contributed by atoms with Crippen LogP contribution in [0.5, 0.6) is 17.2 Å². The van der Waals surface area contributed by atoms with E-state index in [2.05, 4.69) is 10.3 Å². The first-order chi connectivity index (χ1) is 12.1. The van der Waals surface area contributed by atoms with Crippen molar-refractivity contribution in [2.24, 2.45) is 0 Å². The monoisotopic (exact) mass is 358 g/mol. The van der Waals surface area contributed by atoms with Crippen LogP contribution in [-0.4, -0.2) is 26.3 Å². The summed E-state index contributed by atoms with van der Waals surface area (Å²) in [4.78, 5) is 4.61. The van der Waals surface area contributed by atoms with E-state index in [9.17, 15) is 0 Å². The van der Waals surface area contributed by atoms with Crippen LogP contribution in [-0.2, 0) is 6.54 Å². The number of benzene rings is 2. The summed E-state index contributed by atoms with van der Waals surface area (Å²) < 4.78 is 15.8. The molecule has 0 atom stereocenters. The second-order valence-corrected chi connectivity index (χ2v) is 5.82. The molecule has 0 saturated carbocycles. The Balaban J connectivity index is 1.86. The highest BCUT2D eigenvalue weighted by molar-refractivity contribution is 6.35. The minimum absolute atomic E-state index is 0.600. The number of methoxy groups -OCH3 is 3. The SMILES string of the molecule is COc1ccc(CNc2cc(Cl)c3cc(OC)c(OC)cc3n2)cc1. The van der Waals surface area contributed by atoms with Crippen LogP contribution in [0.4, 0.5) is 5.82 Å². The van der Waals surface area contributed by atoms with Gasteiger partial charge in [0.1, 0.15) is 11.6 Å². The van der Waals surface area contributed by atoms with Crippen molar-refractivity contribution in [3.8, 4) is 17.2 Å². The van der Waals surface area contributed by atoms with E-state index in [-0.39, 0.29) is 0 Å². The summed E-state index contributed by atoms with van der Waals surface area (Å²) in [6, 6.07) is 13.3. The molecule has 0 bridgehead atoms. The van der Waals surface area contributed by atoms with Crippen molar-refractivity contribution in [2.75, 3.05) is 26.6 Å². The van der Waals surface area contributed by atoms with Gasteiger partial charge in [0.05, 0.1) is 31.9 Å². The van der Waals surface area contributed by atoms with E-state index in [1.807, 2.05) is 36.4 Å². The molecule has 3 aromatic rings. The molecule has 0 spiro atoms. The Morgan fingerprint density at radius 2 is 1.60 bits per heavy atom. The van der Waals surface area contributed by atoms with E-state index in [1.54, 1.807) is 27.4 Å². The molecular weight excluding hydrogens is 340 g/mol. The lowest BCUT2D eigenvalue weighted by Gasteiger charge is -2.12. The Kier molecular flexibility index (Phi) is 5.14. The Labute approximate surface area is 151 Å².